The maximum atomic E-state index is 12.7. The van der Waals surface area contributed by atoms with Crippen LogP contribution < -0.4 is 11.5 Å². The van der Waals surface area contributed by atoms with Crippen molar-refractivity contribution in [2.75, 3.05) is 5.73 Å². The number of carbonyl (C=O) groups is 2. The molecule has 0 heterocycles. The lowest BCUT2D eigenvalue weighted by Crippen LogP contribution is -2.10. The summed E-state index contributed by atoms with van der Waals surface area (Å²) in [5.74, 6) is -0.472. The summed E-state index contributed by atoms with van der Waals surface area (Å²) in [5, 5.41) is 4.36. The van der Waals surface area contributed by atoms with E-state index in [1.807, 2.05) is 54.6 Å². The predicted octanol–water partition coefficient (Wildman–Crippen LogP) is 8.41. The molecule has 1 aliphatic rings. The molecule has 4 aromatic rings. The molecule has 4 nitrogen and oxygen atoms in total. The first-order valence-corrected chi connectivity index (χ1v) is 14.2. The van der Waals surface area contributed by atoms with E-state index in [-0.39, 0.29) is 17.1 Å². The molecule has 1 saturated carbocycles. The minimum absolute atomic E-state index is 0.235. The quantitative estimate of drug-likeness (QED) is 0.109. The second-order valence-corrected chi connectivity index (χ2v) is 10.9. The molecule has 1 aliphatic carbocycles. The molecule has 4 N–H and O–H groups in total. The summed E-state index contributed by atoms with van der Waals surface area (Å²) in [6.45, 7) is 7.06. The second kappa shape index (κ2) is 11.9. The largest absolute Gasteiger partial charge is 0.398 e. The number of anilines is 1. The minimum atomic E-state index is -0.236. The molecule has 4 heteroatoms. The van der Waals surface area contributed by atoms with Crippen LogP contribution in [0, 0.1) is 6.92 Å². The molecule has 0 radical (unpaired) electrons. The highest BCUT2D eigenvalue weighted by atomic mass is 16.1. The topological polar surface area (TPSA) is 86.2 Å². The van der Waals surface area contributed by atoms with E-state index < -0.39 is 0 Å². The smallest absolute Gasteiger partial charge is 0.163 e. The molecule has 42 heavy (non-hydrogen) atoms. The molecule has 1 fully saturated rings. The van der Waals surface area contributed by atoms with Crippen molar-refractivity contribution in [2.45, 2.75) is 40.5 Å². The molecule has 5 rings (SSSR count). The van der Waals surface area contributed by atoms with E-state index >= 15 is 0 Å². The molecule has 0 unspecified atom stereocenters. The Bertz CT molecular complexity index is 1770. The van der Waals surface area contributed by atoms with Crippen molar-refractivity contribution in [3.8, 4) is 0 Å². The van der Waals surface area contributed by atoms with E-state index in [0.29, 0.717) is 18.5 Å². The van der Waals surface area contributed by atoms with Crippen LogP contribution in [0.4, 0.5) is 5.69 Å². The lowest BCUT2D eigenvalue weighted by molar-refractivity contribution is -0.119. The Hall–Kier alpha value is -4.96. The molecular formula is C38H36N2O2. The number of Topliss-reactive ketones (excluding diaryl/α,β-unsaturated/α-hetero) is 2. The van der Waals surface area contributed by atoms with E-state index in [2.05, 4.69) is 56.3 Å². The monoisotopic (exact) mass is 552 g/mol. The van der Waals surface area contributed by atoms with E-state index in [0.717, 1.165) is 66.2 Å². The molecule has 4 aromatic carbocycles. The van der Waals surface area contributed by atoms with Crippen molar-refractivity contribution >= 4 is 50.1 Å². The summed E-state index contributed by atoms with van der Waals surface area (Å²) in [7, 11) is 0. The summed E-state index contributed by atoms with van der Waals surface area (Å²) < 4.78 is 0. The van der Waals surface area contributed by atoms with Gasteiger partial charge in [-0.1, -0.05) is 85.0 Å². The number of nitrogen functional groups attached to an aromatic ring is 1. The van der Waals surface area contributed by atoms with Gasteiger partial charge in [-0.2, -0.15) is 0 Å². The van der Waals surface area contributed by atoms with Crippen molar-refractivity contribution in [3.05, 3.63) is 136 Å². The van der Waals surface area contributed by atoms with Gasteiger partial charge >= 0.3 is 0 Å². The van der Waals surface area contributed by atoms with Gasteiger partial charge in [0, 0.05) is 22.3 Å². The van der Waals surface area contributed by atoms with Crippen LogP contribution in [0.2, 0.25) is 0 Å². The lowest BCUT2D eigenvalue weighted by Gasteiger charge is -2.11. The normalized spacial score (nSPS) is 16.1. The van der Waals surface area contributed by atoms with E-state index in [1.54, 1.807) is 0 Å². The highest BCUT2D eigenvalue weighted by Gasteiger charge is 2.26. The zero-order chi connectivity index (χ0) is 30.0. The van der Waals surface area contributed by atoms with Crippen molar-refractivity contribution in [2.24, 2.45) is 5.73 Å². The van der Waals surface area contributed by atoms with Crippen molar-refractivity contribution in [3.63, 3.8) is 0 Å². The summed E-state index contributed by atoms with van der Waals surface area (Å²) in [5.41, 5.74) is 21.4. The number of rotatable bonds is 6. The molecule has 0 saturated heterocycles. The van der Waals surface area contributed by atoms with Gasteiger partial charge in [0.15, 0.2) is 11.6 Å². The van der Waals surface area contributed by atoms with E-state index in [9.17, 15) is 9.59 Å². The maximum Gasteiger partial charge on any atom is 0.163 e. The third-order valence-electron chi connectivity index (χ3n) is 8.04. The number of carbonyl (C=O) groups excluding carboxylic acids is 2. The van der Waals surface area contributed by atoms with Crippen LogP contribution in [0.15, 0.2) is 119 Å². The van der Waals surface area contributed by atoms with Gasteiger partial charge in [0.25, 0.3) is 0 Å². The SMILES string of the molecule is CC(=O)C(C(C)=O)=C1/C(=C/C=C(/C)c2cccc3cccc(N)c23)CC/C1=C\C=C(\N)c1cccc2cccc(C)c12. The number of hydrogen-bond donors (Lipinski definition) is 2. The van der Waals surface area contributed by atoms with Crippen molar-refractivity contribution in [1.29, 1.82) is 0 Å². The Morgan fingerprint density at radius 1 is 0.690 bits per heavy atom. The van der Waals surface area contributed by atoms with Gasteiger partial charge in [-0.25, -0.2) is 0 Å². The molecule has 0 amide bonds. The maximum absolute atomic E-state index is 12.7. The van der Waals surface area contributed by atoms with Gasteiger partial charge in [-0.05, 0) is 102 Å². The number of aryl methyl sites for hydroxylation is 1. The van der Waals surface area contributed by atoms with Crippen LogP contribution in [-0.4, -0.2) is 11.6 Å². The fraction of sp³-hybridized carbons (Fsp3) is 0.158. The van der Waals surface area contributed by atoms with Crippen LogP contribution in [0.25, 0.3) is 32.8 Å². The summed E-state index contributed by atoms with van der Waals surface area (Å²) >= 11 is 0. The second-order valence-electron chi connectivity index (χ2n) is 10.9. The summed E-state index contributed by atoms with van der Waals surface area (Å²) in [4.78, 5) is 25.5. The van der Waals surface area contributed by atoms with Gasteiger partial charge in [0.1, 0.15) is 0 Å². The average Bonchev–Trinajstić information content (AvgIpc) is 3.35. The zero-order valence-electron chi connectivity index (χ0n) is 24.6. The van der Waals surface area contributed by atoms with Gasteiger partial charge < -0.3 is 11.5 Å². The molecule has 0 aromatic heterocycles. The third-order valence-corrected chi connectivity index (χ3v) is 8.04. The molecular weight excluding hydrogens is 516 g/mol. The minimum Gasteiger partial charge on any atom is -0.398 e. The standard InChI is InChI=1S/C38H36N2O2/c1-23(31-14-6-12-28-13-8-16-34(40)38(28)31)17-18-29-19-20-30(37(29)36(25(3)41)26(4)42)21-22-33(39)32-15-7-11-27-10-5-9-24(2)35(27)32/h5-18,21-22H,19-20,39-40H2,1-4H3/b23-17-,29-18+,30-21+,33-22+. The number of fused-ring (bicyclic) bond motifs is 2. The molecule has 0 bridgehead atoms. The number of allylic oxidation sites excluding steroid dienone is 9. The van der Waals surface area contributed by atoms with Crippen molar-refractivity contribution in [1.82, 2.24) is 0 Å². The zero-order valence-corrected chi connectivity index (χ0v) is 24.6. The number of ketones is 2. The fourth-order valence-electron chi connectivity index (χ4n) is 6.04. The first kappa shape index (κ1) is 28.6. The van der Waals surface area contributed by atoms with Gasteiger partial charge in [0.2, 0.25) is 0 Å². The van der Waals surface area contributed by atoms with Crippen LogP contribution >= 0.6 is 0 Å². The predicted molar refractivity (Wildman–Crippen MR) is 177 cm³/mol. The lowest BCUT2D eigenvalue weighted by atomic mass is 9.93. The van der Waals surface area contributed by atoms with Crippen LogP contribution in [0.1, 0.15) is 50.3 Å². The summed E-state index contributed by atoms with van der Waals surface area (Å²) in [6, 6.07) is 24.4. The Kier molecular flexibility index (Phi) is 8.08. The molecule has 0 atom stereocenters. The number of benzene rings is 4. The van der Waals surface area contributed by atoms with E-state index in [4.69, 9.17) is 11.5 Å². The molecule has 0 aliphatic heterocycles. The molecule has 0 spiro atoms. The highest BCUT2D eigenvalue weighted by molar-refractivity contribution is 6.20. The first-order chi connectivity index (χ1) is 20.2. The number of hydrogen-bond acceptors (Lipinski definition) is 4. The van der Waals surface area contributed by atoms with E-state index in [1.165, 1.54) is 13.8 Å². The van der Waals surface area contributed by atoms with Crippen LogP contribution in [0.5, 0.6) is 0 Å². The van der Waals surface area contributed by atoms with Gasteiger partial charge in [-0.15, -0.1) is 0 Å². The fourth-order valence-corrected chi connectivity index (χ4v) is 6.04. The van der Waals surface area contributed by atoms with Crippen LogP contribution in [-0.2, 0) is 9.59 Å². The third kappa shape index (κ3) is 5.48. The van der Waals surface area contributed by atoms with Gasteiger partial charge in [-0.3, -0.25) is 9.59 Å². The number of nitrogens with two attached hydrogens (primary N) is 2. The Morgan fingerprint density at radius 2 is 1.21 bits per heavy atom. The Morgan fingerprint density at radius 3 is 1.83 bits per heavy atom. The van der Waals surface area contributed by atoms with Gasteiger partial charge in [0.05, 0.1) is 5.57 Å². The van der Waals surface area contributed by atoms with Crippen molar-refractivity contribution < 1.29 is 9.59 Å². The molecule has 210 valence electrons. The Labute approximate surface area is 247 Å². The summed E-state index contributed by atoms with van der Waals surface area (Å²) in [6.07, 6.45) is 9.39. The first-order valence-electron chi connectivity index (χ1n) is 14.2. The highest BCUT2D eigenvalue weighted by Crippen LogP contribution is 2.39. The average molecular weight is 553 g/mol. The van der Waals surface area contributed by atoms with Crippen LogP contribution in [0.3, 0.4) is 0 Å². The Balaban J connectivity index is 1.59.